The molecule has 0 radical (unpaired) electrons. The number of hydrogen-bond donors (Lipinski definition) is 6. The molecule has 482 valence electrons. The average molecular weight is 1180 g/mol. The quantitative estimate of drug-likeness (QED) is 0.0261. The van der Waals surface area contributed by atoms with E-state index in [1.165, 1.54) is 96.3 Å². The number of aliphatic hydroxyl groups is 5. The van der Waals surface area contributed by atoms with E-state index in [2.05, 4.69) is 165 Å². The van der Waals surface area contributed by atoms with E-state index in [0.29, 0.717) is 6.42 Å². The molecule has 0 bridgehead atoms. The van der Waals surface area contributed by atoms with E-state index in [1.54, 1.807) is 6.08 Å². The molecule has 0 aromatic rings. The van der Waals surface area contributed by atoms with Gasteiger partial charge < -0.3 is 40.3 Å². The van der Waals surface area contributed by atoms with Gasteiger partial charge in [0.25, 0.3) is 0 Å². The smallest absolute Gasteiger partial charge is 0.220 e. The van der Waals surface area contributed by atoms with Crippen LogP contribution >= 0.6 is 0 Å². The monoisotopic (exact) mass is 1180 g/mol. The summed E-state index contributed by atoms with van der Waals surface area (Å²) in [5, 5.41) is 54.7. The number of carbonyl (C=O) groups is 1. The summed E-state index contributed by atoms with van der Waals surface area (Å²) in [4.78, 5) is 13.1. The minimum absolute atomic E-state index is 0.211. The number of nitrogens with one attached hydrogen (secondary N) is 1. The Morgan fingerprint density at radius 3 is 1.13 bits per heavy atom. The molecule has 7 unspecified atom stereocenters. The Hall–Kier alpha value is -4.19. The van der Waals surface area contributed by atoms with E-state index in [-0.39, 0.29) is 12.5 Å². The molecule has 0 spiro atoms. The lowest BCUT2D eigenvalue weighted by atomic mass is 9.99. The minimum atomic E-state index is -1.59. The average Bonchev–Trinajstić information content (AvgIpc) is 3.57. The highest BCUT2D eigenvalue weighted by Crippen LogP contribution is 2.23. The molecule has 9 heteroatoms. The third-order valence-corrected chi connectivity index (χ3v) is 15.1. The number of hydrogen-bond acceptors (Lipinski definition) is 8. The number of unbranched alkanes of at least 4 members (excludes halogenated alkanes) is 23. The second-order valence-electron chi connectivity index (χ2n) is 22.9. The van der Waals surface area contributed by atoms with Gasteiger partial charge in [-0.3, -0.25) is 4.79 Å². The molecule has 7 atom stereocenters. The Morgan fingerprint density at radius 2 is 0.741 bits per heavy atom. The predicted octanol–water partition coefficient (Wildman–Crippen LogP) is 18.7. The van der Waals surface area contributed by atoms with E-state index in [4.69, 9.17) is 9.47 Å². The summed E-state index contributed by atoms with van der Waals surface area (Å²) in [7, 11) is 0. The molecule has 0 saturated carbocycles. The van der Waals surface area contributed by atoms with Crippen LogP contribution in [0.1, 0.15) is 258 Å². The van der Waals surface area contributed by atoms with Crippen molar-refractivity contribution in [3.8, 4) is 0 Å². The Balaban J connectivity index is 2.23. The molecule has 1 saturated heterocycles. The van der Waals surface area contributed by atoms with Crippen molar-refractivity contribution in [2.75, 3.05) is 13.2 Å². The molecular formula is C76H125NO8. The van der Waals surface area contributed by atoms with Crippen LogP contribution in [0.2, 0.25) is 0 Å². The number of ether oxygens (including phenoxy) is 2. The minimum Gasteiger partial charge on any atom is -0.394 e. The van der Waals surface area contributed by atoms with Gasteiger partial charge in [-0.05, 0) is 122 Å². The number of rotatable bonds is 57. The highest BCUT2D eigenvalue weighted by molar-refractivity contribution is 5.76. The summed E-state index contributed by atoms with van der Waals surface area (Å²) in [5.74, 6) is -0.211. The lowest BCUT2D eigenvalue weighted by Gasteiger charge is -2.40. The lowest BCUT2D eigenvalue weighted by molar-refractivity contribution is -0.302. The number of allylic oxidation sites excluding steroid dienone is 25. The van der Waals surface area contributed by atoms with Crippen LogP contribution in [-0.4, -0.2) is 87.5 Å². The van der Waals surface area contributed by atoms with Gasteiger partial charge in [-0.1, -0.05) is 287 Å². The molecule has 1 heterocycles. The first kappa shape index (κ1) is 78.8. The van der Waals surface area contributed by atoms with Crippen LogP contribution in [-0.2, 0) is 14.3 Å². The van der Waals surface area contributed by atoms with Crippen molar-refractivity contribution in [1.29, 1.82) is 0 Å². The van der Waals surface area contributed by atoms with Crippen molar-refractivity contribution in [3.63, 3.8) is 0 Å². The lowest BCUT2D eigenvalue weighted by Crippen LogP contribution is -2.60. The molecule has 0 aliphatic carbocycles. The third-order valence-electron chi connectivity index (χ3n) is 15.1. The van der Waals surface area contributed by atoms with Crippen molar-refractivity contribution in [2.45, 2.75) is 301 Å². The SMILES string of the molecule is CC/C=C\C/C=C\C/C=C\C/C=C\C/C=C\C/C=C\C/C=C\C/C=C\C/C=C\C/C=C\CCCCCCCCC(=O)NC(COC1OC(CO)C(O)C(O)C1O)C(O)/C=C/CC/C=C/CC/C=C/CCCCCCCCCCCCCCCCC. The van der Waals surface area contributed by atoms with Gasteiger partial charge in [0.05, 0.1) is 25.4 Å². The van der Waals surface area contributed by atoms with Crippen molar-refractivity contribution in [3.05, 3.63) is 158 Å². The van der Waals surface area contributed by atoms with E-state index < -0.39 is 49.5 Å². The topological polar surface area (TPSA) is 149 Å². The van der Waals surface area contributed by atoms with Gasteiger partial charge in [0.2, 0.25) is 5.91 Å². The van der Waals surface area contributed by atoms with Crippen LogP contribution in [0.3, 0.4) is 0 Å². The van der Waals surface area contributed by atoms with Crippen molar-refractivity contribution < 1.29 is 39.8 Å². The van der Waals surface area contributed by atoms with Crippen LogP contribution < -0.4 is 5.32 Å². The zero-order valence-corrected chi connectivity index (χ0v) is 53.8. The van der Waals surface area contributed by atoms with E-state index in [0.717, 1.165) is 141 Å². The molecule has 0 aromatic heterocycles. The van der Waals surface area contributed by atoms with Crippen LogP contribution in [0.15, 0.2) is 158 Å². The fourth-order valence-corrected chi connectivity index (χ4v) is 9.75. The predicted molar refractivity (Wildman–Crippen MR) is 363 cm³/mol. The molecule has 0 aromatic carbocycles. The maximum Gasteiger partial charge on any atom is 0.220 e. The van der Waals surface area contributed by atoms with E-state index >= 15 is 0 Å². The second kappa shape index (κ2) is 62.8. The number of carbonyl (C=O) groups excluding carboxylic acids is 1. The fourth-order valence-electron chi connectivity index (χ4n) is 9.75. The first-order valence-corrected chi connectivity index (χ1v) is 34.2. The first-order valence-electron chi connectivity index (χ1n) is 34.2. The van der Waals surface area contributed by atoms with Crippen LogP contribution in [0, 0.1) is 0 Å². The third kappa shape index (κ3) is 51.6. The second-order valence-corrected chi connectivity index (χ2v) is 22.9. The van der Waals surface area contributed by atoms with Gasteiger partial charge in [0.15, 0.2) is 6.29 Å². The summed E-state index contributed by atoms with van der Waals surface area (Å²) in [5.41, 5.74) is 0. The van der Waals surface area contributed by atoms with Gasteiger partial charge in [-0.2, -0.15) is 0 Å². The molecular weight excluding hydrogens is 1050 g/mol. The summed E-state index contributed by atoms with van der Waals surface area (Å²) < 4.78 is 11.3. The number of aliphatic hydroxyl groups excluding tert-OH is 5. The summed E-state index contributed by atoms with van der Waals surface area (Å²) >= 11 is 0. The van der Waals surface area contributed by atoms with Crippen molar-refractivity contribution in [2.24, 2.45) is 0 Å². The highest BCUT2D eigenvalue weighted by atomic mass is 16.7. The highest BCUT2D eigenvalue weighted by Gasteiger charge is 2.44. The summed E-state index contributed by atoms with van der Waals surface area (Å²) in [6.07, 6.45) is 91.9. The van der Waals surface area contributed by atoms with Gasteiger partial charge >= 0.3 is 0 Å². The molecule has 1 aliphatic rings. The number of amides is 1. The van der Waals surface area contributed by atoms with Crippen molar-refractivity contribution >= 4 is 5.91 Å². The Bertz CT molecular complexity index is 1900. The molecule has 1 fully saturated rings. The molecule has 1 rings (SSSR count). The maximum atomic E-state index is 13.1. The van der Waals surface area contributed by atoms with Gasteiger partial charge in [0.1, 0.15) is 24.4 Å². The summed E-state index contributed by atoms with van der Waals surface area (Å²) in [6.45, 7) is 3.64. The largest absolute Gasteiger partial charge is 0.394 e. The zero-order valence-electron chi connectivity index (χ0n) is 53.8. The molecule has 9 nitrogen and oxygen atoms in total. The van der Waals surface area contributed by atoms with Gasteiger partial charge in [-0.25, -0.2) is 0 Å². The van der Waals surface area contributed by atoms with Crippen LogP contribution in [0.5, 0.6) is 0 Å². The van der Waals surface area contributed by atoms with Gasteiger partial charge in [-0.15, -0.1) is 0 Å². The van der Waals surface area contributed by atoms with E-state index in [9.17, 15) is 30.3 Å². The Labute approximate surface area is 520 Å². The molecule has 1 amide bonds. The maximum absolute atomic E-state index is 13.1. The van der Waals surface area contributed by atoms with E-state index in [1.807, 2.05) is 6.08 Å². The van der Waals surface area contributed by atoms with Crippen LogP contribution in [0.4, 0.5) is 0 Å². The molecule has 85 heavy (non-hydrogen) atoms. The standard InChI is InChI=1S/C76H125NO8/c1-3-5-7-9-11-13-15-17-19-21-23-25-27-29-30-31-32-33-34-35-36-37-38-39-40-42-44-46-48-50-52-54-56-58-60-62-64-66-72(80)77-69(68-84-76-75(83)74(82)73(81)71(67-78)85-76)70(79)65-63-61-59-57-55-53-51-49-47-45-43-41-28-26-24-22-20-18-16-14-12-10-8-6-4-2/h5,7,11,13,17,19,23,25,29-30,32-33,35-36,38-39,42,44,47-50,55,57,63,65,69-71,73-76,78-79,81-83H,3-4,6,8-10,12,14-16,18,20-22,24,26-28,31,34,37,40-41,43,45-46,51-54,56,58-62,64,66-68H2,1-2H3,(H,77,80)/b7-5-,13-11-,19-17-,25-23-,30-29-,33-32-,36-35-,39-38-,44-42-,49-47+,50-48-,57-55+,65-63+. The molecule has 1 aliphatic heterocycles. The first-order chi connectivity index (χ1) is 41.8. The fraction of sp³-hybridized carbons (Fsp3) is 0.645. The summed E-state index contributed by atoms with van der Waals surface area (Å²) in [6, 6.07) is -0.850. The Kier molecular flexibility index (Phi) is 58.3. The van der Waals surface area contributed by atoms with Gasteiger partial charge in [0, 0.05) is 6.42 Å². The van der Waals surface area contributed by atoms with Crippen LogP contribution in [0.25, 0.3) is 0 Å². The normalized spacial score (nSPS) is 19.2. The zero-order chi connectivity index (χ0) is 61.4. The molecule has 6 N–H and O–H groups in total. The van der Waals surface area contributed by atoms with Crippen molar-refractivity contribution in [1.82, 2.24) is 5.32 Å². The Morgan fingerprint density at radius 1 is 0.412 bits per heavy atom.